The average molecular weight is 840 g/mol. The first kappa shape index (κ1) is 57.6. The second-order valence-electron chi connectivity index (χ2n) is 17.2. The molecular formula is C54H97NO5. The van der Waals surface area contributed by atoms with Gasteiger partial charge in [0.05, 0.1) is 25.2 Å². The summed E-state index contributed by atoms with van der Waals surface area (Å²) in [7, 11) is 0. The van der Waals surface area contributed by atoms with Gasteiger partial charge in [0.1, 0.15) is 6.10 Å². The van der Waals surface area contributed by atoms with Crippen molar-refractivity contribution >= 4 is 11.9 Å². The lowest BCUT2D eigenvalue weighted by molar-refractivity contribution is -0.150. The maximum Gasteiger partial charge on any atom is 0.306 e. The number of rotatable bonds is 45. The average Bonchev–Trinajstić information content (AvgIpc) is 3.24. The Kier molecular flexibility index (Phi) is 45.7. The molecule has 0 saturated heterocycles. The Labute approximate surface area is 371 Å². The van der Waals surface area contributed by atoms with Gasteiger partial charge in [0, 0.05) is 6.42 Å². The molecule has 0 radical (unpaired) electrons. The van der Waals surface area contributed by atoms with Crippen LogP contribution in [0.1, 0.15) is 245 Å². The summed E-state index contributed by atoms with van der Waals surface area (Å²) >= 11 is 0. The van der Waals surface area contributed by atoms with Crippen molar-refractivity contribution in [2.24, 2.45) is 0 Å². The third-order valence-corrected chi connectivity index (χ3v) is 11.4. The lowest BCUT2D eigenvalue weighted by Crippen LogP contribution is -2.46. The van der Waals surface area contributed by atoms with E-state index in [0.29, 0.717) is 19.3 Å². The summed E-state index contributed by atoms with van der Waals surface area (Å²) in [4.78, 5) is 26.0. The van der Waals surface area contributed by atoms with Crippen LogP contribution in [0.15, 0.2) is 60.8 Å². The molecule has 0 aromatic heterocycles. The molecule has 6 heteroatoms. The van der Waals surface area contributed by atoms with Crippen molar-refractivity contribution in [1.29, 1.82) is 0 Å². The number of allylic oxidation sites excluding steroid dienone is 10. The molecule has 0 heterocycles. The number of hydrogen-bond acceptors (Lipinski definition) is 5. The van der Waals surface area contributed by atoms with Gasteiger partial charge >= 0.3 is 5.97 Å². The fraction of sp³-hybridized carbons (Fsp3) is 0.778. The molecule has 0 aromatic rings. The number of aliphatic hydroxyl groups excluding tert-OH is 2. The van der Waals surface area contributed by atoms with Crippen molar-refractivity contribution in [2.45, 2.75) is 264 Å². The first-order valence-corrected chi connectivity index (χ1v) is 25.5. The quantitative estimate of drug-likeness (QED) is 0.0322. The highest BCUT2D eigenvalue weighted by Gasteiger charge is 2.24. The van der Waals surface area contributed by atoms with Gasteiger partial charge in [-0.1, -0.05) is 236 Å². The highest BCUT2D eigenvalue weighted by Crippen LogP contribution is 2.18. The van der Waals surface area contributed by atoms with Gasteiger partial charge in [0.15, 0.2) is 0 Å². The Morgan fingerprint density at radius 3 is 1.27 bits per heavy atom. The number of ether oxygens (including phenoxy) is 1. The molecule has 0 spiro atoms. The molecule has 3 N–H and O–H groups in total. The van der Waals surface area contributed by atoms with Crippen molar-refractivity contribution in [3.8, 4) is 0 Å². The van der Waals surface area contributed by atoms with E-state index in [0.717, 1.165) is 70.6 Å². The van der Waals surface area contributed by atoms with Gasteiger partial charge in [-0.3, -0.25) is 9.59 Å². The minimum atomic E-state index is -0.799. The van der Waals surface area contributed by atoms with Crippen molar-refractivity contribution in [1.82, 2.24) is 5.32 Å². The van der Waals surface area contributed by atoms with Crippen LogP contribution in [0.3, 0.4) is 0 Å². The minimum absolute atomic E-state index is 0.0486. The third kappa shape index (κ3) is 42.3. The number of carbonyl (C=O) groups is 2. The number of aliphatic hydroxyl groups is 2. The van der Waals surface area contributed by atoms with E-state index in [2.05, 4.69) is 80.8 Å². The summed E-state index contributed by atoms with van der Waals surface area (Å²) in [6.45, 7) is 6.35. The molecule has 0 bridgehead atoms. The number of hydrogen-bond donors (Lipinski definition) is 3. The largest absolute Gasteiger partial charge is 0.462 e. The summed E-state index contributed by atoms with van der Waals surface area (Å²) < 4.78 is 5.88. The lowest BCUT2D eigenvalue weighted by Gasteiger charge is -2.24. The monoisotopic (exact) mass is 840 g/mol. The van der Waals surface area contributed by atoms with E-state index in [1.807, 2.05) is 6.08 Å². The number of esters is 1. The molecule has 0 fully saturated rings. The Morgan fingerprint density at radius 1 is 0.500 bits per heavy atom. The van der Waals surface area contributed by atoms with Gasteiger partial charge in [-0.05, 0) is 57.8 Å². The first-order valence-electron chi connectivity index (χ1n) is 25.5. The molecule has 0 rings (SSSR count). The van der Waals surface area contributed by atoms with Crippen LogP contribution in [0.4, 0.5) is 0 Å². The van der Waals surface area contributed by atoms with E-state index in [9.17, 15) is 19.8 Å². The predicted molar refractivity (Wildman–Crippen MR) is 259 cm³/mol. The molecule has 6 nitrogen and oxygen atoms in total. The van der Waals surface area contributed by atoms with E-state index < -0.39 is 18.2 Å². The number of carbonyl (C=O) groups excluding carboxylic acids is 2. The fourth-order valence-corrected chi connectivity index (χ4v) is 7.54. The lowest BCUT2D eigenvalue weighted by atomic mass is 10.0. The summed E-state index contributed by atoms with van der Waals surface area (Å²) in [5.74, 6) is -0.570. The standard InChI is InChI=1S/C54H97NO5/c1-4-7-10-13-16-19-22-24-26-28-30-32-35-38-41-44-47-54(59)60-50(45-42-39-36-33-21-18-15-12-9-6-3)48-53(58)55-51(49-56)52(57)46-43-40-37-34-31-29-27-25-23-20-17-14-11-8-5-2/h7,10,16,19,24,26,30,32,38,41,50-52,56-57H,4-6,8-9,11-15,17-18,20-23,25,27-29,31,33-37,39-40,42-49H2,1-3H3,(H,55,58)/b10-7+,19-16+,26-24+,32-30+,41-38+. The fourth-order valence-electron chi connectivity index (χ4n) is 7.54. The molecule has 3 atom stereocenters. The smallest absolute Gasteiger partial charge is 0.306 e. The summed E-state index contributed by atoms with van der Waals surface area (Å²) in [6.07, 6.45) is 58.6. The zero-order valence-electron chi connectivity index (χ0n) is 39.6. The van der Waals surface area contributed by atoms with Crippen LogP contribution in [0.5, 0.6) is 0 Å². The highest BCUT2D eigenvalue weighted by atomic mass is 16.5. The molecular weight excluding hydrogens is 743 g/mol. The van der Waals surface area contributed by atoms with E-state index in [-0.39, 0.29) is 31.3 Å². The van der Waals surface area contributed by atoms with Gasteiger partial charge in [-0.25, -0.2) is 0 Å². The van der Waals surface area contributed by atoms with Crippen molar-refractivity contribution in [3.63, 3.8) is 0 Å². The predicted octanol–water partition coefficient (Wildman–Crippen LogP) is 15.2. The second-order valence-corrected chi connectivity index (χ2v) is 17.2. The van der Waals surface area contributed by atoms with Crippen molar-refractivity contribution in [2.75, 3.05) is 6.61 Å². The SMILES string of the molecule is CC/C=C/C/C=C/C/C=C/C/C=C/C/C=C/CCC(=O)OC(CCCCCCCCCCCC)CC(=O)NC(CO)C(O)CCCCCCCCCCCCCCCCC. The number of nitrogens with one attached hydrogen (secondary N) is 1. The van der Waals surface area contributed by atoms with Gasteiger partial charge in [0.2, 0.25) is 5.91 Å². The summed E-state index contributed by atoms with van der Waals surface area (Å²) in [5.41, 5.74) is 0. The second kappa shape index (κ2) is 47.6. The Morgan fingerprint density at radius 2 is 0.867 bits per heavy atom. The van der Waals surface area contributed by atoms with E-state index in [4.69, 9.17) is 4.74 Å². The summed E-state index contributed by atoms with van der Waals surface area (Å²) in [5, 5.41) is 23.7. The normalized spacial score (nSPS) is 13.8. The molecule has 0 aliphatic carbocycles. The maximum atomic E-state index is 13.2. The zero-order chi connectivity index (χ0) is 43.8. The Hall–Kier alpha value is -2.44. The number of unbranched alkanes of at least 4 members (excludes halogenated alkanes) is 23. The van der Waals surface area contributed by atoms with E-state index >= 15 is 0 Å². The Balaban J connectivity index is 4.59. The number of amides is 1. The van der Waals surface area contributed by atoms with Crippen LogP contribution in [-0.4, -0.2) is 46.9 Å². The Bertz CT molecular complexity index is 1080. The zero-order valence-corrected chi connectivity index (χ0v) is 39.6. The van der Waals surface area contributed by atoms with E-state index in [1.54, 1.807) is 0 Å². The molecule has 60 heavy (non-hydrogen) atoms. The van der Waals surface area contributed by atoms with Gasteiger partial charge in [-0.2, -0.15) is 0 Å². The first-order chi connectivity index (χ1) is 29.5. The topological polar surface area (TPSA) is 95.9 Å². The van der Waals surface area contributed by atoms with Crippen molar-refractivity contribution < 1.29 is 24.5 Å². The summed E-state index contributed by atoms with van der Waals surface area (Å²) in [6, 6.07) is -0.715. The molecule has 0 aliphatic heterocycles. The molecule has 1 amide bonds. The van der Waals surface area contributed by atoms with Crippen LogP contribution in [0.2, 0.25) is 0 Å². The van der Waals surface area contributed by atoms with Crippen LogP contribution >= 0.6 is 0 Å². The van der Waals surface area contributed by atoms with Crippen molar-refractivity contribution in [3.05, 3.63) is 60.8 Å². The third-order valence-electron chi connectivity index (χ3n) is 11.4. The van der Waals surface area contributed by atoms with Crippen LogP contribution in [0.25, 0.3) is 0 Å². The van der Waals surface area contributed by atoms with Crippen LogP contribution < -0.4 is 5.32 Å². The molecule has 0 aromatic carbocycles. The molecule has 348 valence electrons. The molecule has 0 saturated carbocycles. The van der Waals surface area contributed by atoms with Gasteiger partial charge < -0.3 is 20.3 Å². The molecule has 3 unspecified atom stereocenters. The van der Waals surface area contributed by atoms with Gasteiger partial charge in [0.25, 0.3) is 0 Å². The highest BCUT2D eigenvalue weighted by molar-refractivity contribution is 5.77. The maximum absolute atomic E-state index is 13.2. The molecule has 0 aliphatic rings. The van der Waals surface area contributed by atoms with Gasteiger partial charge in [-0.15, -0.1) is 0 Å². The minimum Gasteiger partial charge on any atom is -0.462 e. The van der Waals surface area contributed by atoms with Crippen LogP contribution in [-0.2, 0) is 14.3 Å². The van der Waals surface area contributed by atoms with E-state index in [1.165, 1.54) is 122 Å². The van der Waals surface area contributed by atoms with Crippen LogP contribution in [0, 0.1) is 0 Å².